The van der Waals surface area contributed by atoms with Gasteiger partial charge in [-0.25, -0.2) is 9.97 Å². The van der Waals surface area contributed by atoms with Crippen molar-refractivity contribution in [1.82, 2.24) is 19.3 Å². The third-order valence-corrected chi connectivity index (χ3v) is 5.13. The molecule has 2 aromatic heterocycles. The standard InChI is InChI=1S/C20H20N4S/c1-23(2)13-14-25-19-18(15-9-5-3-6-10-15)22-20-21-16-11-7-4-8-12-17(16)24(19)20/h3-12H,13-14H2,1-2H3. The molecule has 0 N–H and O–H groups in total. The minimum atomic E-state index is 0.771. The van der Waals surface area contributed by atoms with Gasteiger partial charge in [-0.3, -0.25) is 4.40 Å². The van der Waals surface area contributed by atoms with Crippen LogP contribution >= 0.6 is 11.8 Å². The van der Waals surface area contributed by atoms with Gasteiger partial charge in [-0.2, -0.15) is 0 Å². The highest BCUT2D eigenvalue weighted by Gasteiger charge is 2.18. The maximum Gasteiger partial charge on any atom is 0.236 e. The lowest BCUT2D eigenvalue weighted by atomic mass is 10.2. The fourth-order valence-electron chi connectivity index (χ4n) is 2.85. The largest absolute Gasteiger partial charge is 0.309 e. The van der Waals surface area contributed by atoms with Crippen LogP contribution in [0.4, 0.5) is 0 Å². The van der Waals surface area contributed by atoms with Crippen molar-refractivity contribution in [2.24, 2.45) is 0 Å². The van der Waals surface area contributed by atoms with Gasteiger partial charge in [-0.05, 0) is 26.2 Å². The van der Waals surface area contributed by atoms with Crippen LogP contribution < -0.4 is 0 Å². The first-order valence-electron chi connectivity index (χ1n) is 8.34. The fraction of sp³-hybridized carbons (Fsp3) is 0.200. The van der Waals surface area contributed by atoms with Crippen LogP contribution in [0.2, 0.25) is 0 Å². The van der Waals surface area contributed by atoms with Gasteiger partial charge in [0.15, 0.2) is 0 Å². The second kappa shape index (κ2) is 6.86. The minimum absolute atomic E-state index is 0.771. The van der Waals surface area contributed by atoms with Crippen molar-refractivity contribution in [1.29, 1.82) is 0 Å². The molecule has 0 saturated heterocycles. The Morgan fingerprint density at radius 2 is 1.64 bits per heavy atom. The molecule has 5 heteroatoms. The van der Waals surface area contributed by atoms with Crippen molar-refractivity contribution in [3.8, 4) is 11.3 Å². The summed E-state index contributed by atoms with van der Waals surface area (Å²) in [6, 6.07) is 20.6. The summed E-state index contributed by atoms with van der Waals surface area (Å²) in [5.74, 6) is 1.78. The van der Waals surface area contributed by atoms with Gasteiger partial charge in [0.2, 0.25) is 5.78 Å². The van der Waals surface area contributed by atoms with Gasteiger partial charge in [0.25, 0.3) is 0 Å². The van der Waals surface area contributed by atoms with Crippen molar-refractivity contribution in [3.05, 3.63) is 60.7 Å². The minimum Gasteiger partial charge on any atom is -0.309 e. The molecular formula is C20H20N4S. The molecule has 0 saturated carbocycles. The molecule has 0 aliphatic heterocycles. The molecule has 0 radical (unpaired) electrons. The number of hydrogen-bond donors (Lipinski definition) is 0. The van der Waals surface area contributed by atoms with E-state index in [1.54, 1.807) is 0 Å². The molecule has 25 heavy (non-hydrogen) atoms. The van der Waals surface area contributed by atoms with Crippen LogP contribution in [-0.2, 0) is 0 Å². The highest BCUT2D eigenvalue weighted by molar-refractivity contribution is 7.99. The summed E-state index contributed by atoms with van der Waals surface area (Å²) < 4.78 is 2.19. The molecule has 2 heterocycles. The Balaban J connectivity index is 1.91. The van der Waals surface area contributed by atoms with Gasteiger partial charge in [-0.15, -0.1) is 11.8 Å². The van der Waals surface area contributed by atoms with Crippen LogP contribution in [-0.4, -0.2) is 45.7 Å². The number of rotatable bonds is 5. The Bertz CT molecular complexity index is 1010. The molecule has 4 rings (SSSR count). The van der Waals surface area contributed by atoms with Crippen LogP contribution in [0, 0.1) is 0 Å². The van der Waals surface area contributed by atoms with Gasteiger partial charge in [0, 0.05) is 17.9 Å². The van der Waals surface area contributed by atoms with Crippen LogP contribution in [0.25, 0.3) is 28.1 Å². The molecule has 0 fully saturated rings. The van der Waals surface area contributed by atoms with E-state index in [1.165, 1.54) is 0 Å². The van der Waals surface area contributed by atoms with Gasteiger partial charge >= 0.3 is 0 Å². The van der Waals surface area contributed by atoms with Gasteiger partial charge in [0.05, 0.1) is 11.0 Å². The summed E-state index contributed by atoms with van der Waals surface area (Å²) >= 11 is 1.84. The molecule has 4 aromatic rings. The Labute approximate surface area is 151 Å². The summed E-state index contributed by atoms with van der Waals surface area (Å²) in [7, 11) is 4.20. The Morgan fingerprint density at radius 3 is 2.40 bits per heavy atom. The molecule has 0 spiro atoms. The molecular weight excluding hydrogens is 328 g/mol. The first-order valence-corrected chi connectivity index (χ1v) is 9.33. The Morgan fingerprint density at radius 1 is 0.920 bits per heavy atom. The summed E-state index contributed by atoms with van der Waals surface area (Å²) in [6.07, 6.45) is 0. The SMILES string of the molecule is CN(C)CCSc1c(-c2ccccc2)nc2nc3cccccc3n12. The smallest absolute Gasteiger partial charge is 0.236 e. The van der Waals surface area contributed by atoms with E-state index in [2.05, 4.69) is 59.8 Å². The summed E-state index contributed by atoms with van der Waals surface area (Å²) in [5.41, 5.74) is 4.22. The third kappa shape index (κ3) is 3.13. The number of nitrogens with zero attached hydrogens (tertiary/aromatic N) is 4. The van der Waals surface area contributed by atoms with Crippen LogP contribution in [0.15, 0.2) is 65.7 Å². The molecule has 2 aromatic carbocycles. The molecule has 4 nitrogen and oxygen atoms in total. The average molecular weight is 348 g/mol. The fourth-order valence-corrected chi connectivity index (χ4v) is 4.11. The maximum absolute atomic E-state index is 4.86. The van der Waals surface area contributed by atoms with Gasteiger partial charge in [0.1, 0.15) is 10.7 Å². The number of hydrogen-bond acceptors (Lipinski definition) is 4. The highest BCUT2D eigenvalue weighted by atomic mass is 32.2. The predicted octanol–water partition coefficient (Wildman–Crippen LogP) is 4.20. The maximum atomic E-state index is 4.86. The van der Waals surface area contributed by atoms with Crippen LogP contribution in [0.3, 0.4) is 0 Å². The third-order valence-electron chi connectivity index (χ3n) is 4.10. The summed E-state index contributed by atoms with van der Waals surface area (Å²) in [4.78, 5) is 11.8. The second-order valence-corrected chi connectivity index (χ2v) is 7.30. The van der Waals surface area contributed by atoms with Crippen molar-refractivity contribution in [2.45, 2.75) is 5.03 Å². The average Bonchev–Trinajstić information content (AvgIpc) is 3.03. The molecule has 126 valence electrons. The number of benzene rings is 1. The highest BCUT2D eigenvalue weighted by Crippen LogP contribution is 2.34. The lowest BCUT2D eigenvalue weighted by Crippen LogP contribution is -2.14. The van der Waals surface area contributed by atoms with Gasteiger partial charge < -0.3 is 4.90 Å². The van der Waals surface area contributed by atoms with E-state index in [4.69, 9.17) is 9.97 Å². The molecule has 0 aliphatic carbocycles. The molecule has 0 aliphatic rings. The quantitative estimate of drug-likeness (QED) is 0.506. The van der Waals surface area contributed by atoms with E-state index in [1.807, 2.05) is 36.0 Å². The first kappa shape index (κ1) is 16.1. The van der Waals surface area contributed by atoms with E-state index in [-0.39, 0.29) is 0 Å². The van der Waals surface area contributed by atoms with Crippen LogP contribution in [0.1, 0.15) is 0 Å². The zero-order valence-electron chi connectivity index (χ0n) is 14.4. The van der Waals surface area contributed by atoms with E-state index in [0.717, 1.165) is 45.4 Å². The monoisotopic (exact) mass is 348 g/mol. The number of imidazole rings is 2. The first-order chi connectivity index (χ1) is 12.2. The predicted molar refractivity (Wildman–Crippen MR) is 105 cm³/mol. The number of aromatic nitrogens is 3. The molecule has 0 bridgehead atoms. The normalized spacial score (nSPS) is 11.6. The zero-order valence-corrected chi connectivity index (χ0v) is 15.2. The number of fused-ring (bicyclic) bond motifs is 3. The Kier molecular flexibility index (Phi) is 4.42. The number of thioether (sulfide) groups is 1. The van der Waals surface area contributed by atoms with Crippen molar-refractivity contribution in [3.63, 3.8) is 0 Å². The lowest BCUT2D eigenvalue weighted by Gasteiger charge is -2.09. The summed E-state index contributed by atoms with van der Waals surface area (Å²) in [5, 5.41) is 1.16. The van der Waals surface area contributed by atoms with Crippen molar-refractivity contribution < 1.29 is 0 Å². The van der Waals surface area contributed by atoms with E-state index in [9.17, 15) is 0 Å². The van der Waals surface area contributed by atoms with Crippen molar-refractivity contribution >= 4 is 28.6 Å². The topological polar surface area (TPSA) is 33.4 Å². The zero-order chi connectivity index (χ0) is 17.2. The van der Waals surface area contributed by atoms with E-state index in [0.29, 0.717) is 0 Å². The Hall–Kier alpha value is -2.37. The lowest BCUT2D eigenvalue weighted by molar-refractivity contribution is 0.437. The molecule has 0 atom stereocenters. The van der Waals surface area contributed by atoms with Crippen LogP contribution in [0.5, 0.6) is 0 Å². The van der Waals surface area contributed by atoms with E-state index >= 15 is 0 Å². The molecule has 0 unspecified atom stereocenters. The van der Waals surface area contributed by atoms with Crippen molar-refractivity contribution in [2.75, 3.05) is 26.4 Å². The van der Waals surface area contributed by atoms with E-state index < -0.39 is 0 Å². The van der Waals surface area contributed by atoms with Gasteiger partial charge in [-0.1, -0.05) is 48.5 Å². The summed E-state index contributed by atoms with van der Waals surface area (Å²) in [6.45, 7) is 1.02. The second-order valence-electron chi connectivity index (χ2n) is 6.21. The molecule has 0 amide bonds.